The molecule has 1 aromatic heterocycles. The first-order valence-corrected chi connectivity index (χ1v) is 5.32. The van der Waals surface area contributed by atoms with Gasteiger partial charge in [0.1, 0.15) is 0 Å². The molecule has 1 heterocycles. The third kappa shape index (κ3) is 4.60. The monoisotopic (exact) mass is 228 g/mol. The van der Waals surface area contributed by atoms with Crippen LogP contribution in [0.3, 0.4) is 0 Å². The lowest BCUT2D eigenvalue weighted by atomic mass is 10.3. The van der Waals surface area contributed by atoms with Crippen molar-refractivity contribution in [3.63, 3.8) is 0 Å². The highest BCUT2D eigenvalue weighted by molar-refractivity contribution is 7.09. The van der Waals surface area contributed by atoms with Gasteiger partial charge in [-0.2, -0.15) is 0 Å². The van der Waals surface area contributed by atoms with Crippen molar-refractivity contribution >= 4 is 23.3 Å². The van der Waals surface area contributed by atoms with E-state index in [-0.39, 0.29) is 0 Å². The van der Waals surface area contributed by atoms with Crippen molar-refractivity contribution in [3.05, 3.63) is 22.4 Å². The number of thiophene rings is 1. The number of hydrogen-bond donors (Lipinski definition) is 0. The van der Waals surface area contributed by atoms with Gasteiger partial charge in [0.15, 0.2) is 0 Å². The first kappa shape index (κ1) is 11.7. The standard InChI is InChI=1S/C10H12O4S/c1-7(11)13-10(14-8(2)12)6-9-4-3-5-15-9/h3-5,10H,6H2,1-2H3. The van der Waals surface area contributed by atoms with Gasteiger partial charge in [0.05, 0.1) is 6.42 Å². The summed E-state index contributed by atoms with van der Waals surface area (Å²) in [6, 6.07) is 3.78. The minimum atomic E-state index is -0.821. The van der Waals surface area contributed by atoms with Crippen LogP contribution in [0, 0.1) is 0 Å². The summed E-state index contributed by atoms with van der Waals surface area (Å²) in [6.45, 7) is 2.57. The molecule has 0 saturated carbocycles. The summed E-state index contributed by atoms with van der Waals surface area (Å²) in [4.78, 5) is 22.5. The van der Waals surface area contributed by atoms with E-state index < -0.39 is 18.2 Å². The van der Waals surface area contributed by atoms with Gasteiger partial charge < -0.3 is 9.47 Å². The molecule has 0 fully saturated rings. The summed E-state index contributed by atoms with van der Waals surface area (Å²) < 4.78 is 9.72. The second-order valence-corrected chi connectivity index (χ2v) is 3.96. The highest BCUT2D eigenvalue weighted by Crippen LogP contribution is 2.13. The molecule has 82 valence electrons. The molecule has 0 radical (unpaired) electrons. The summed E-state index contributed by atoms with van der Waals surface area (Å²) in [7, 11) is 0. The van der Waals surface area contributed by atoms with Crippen molar-refractivity contribution in [3.8, 4) is 0 Å². The molecule has 0 aliphatic rings. The third-order valence-corrected chi connectivity index (χ3v) is 2.44. The van der Waals surface area contributed by atoms with Crippen LogP contribution in [0.25, 0.3) is 0 Å². The van der Waals surface area contributed by atoms with E-state index in [4.69, 9.17) is 9.47 Å². The van der Waals surface area contributed by atoms with E-state index in [1.54, 1.807) is 0 Å². The van der Waals surface area contributed by atoms with Gasteiger partial charge in [-0.1, -0.05) is 6.07 Å². The molecule has 0 unspecified atom stereocenters. The zero-order chi connectivity index (χ0) is 11.3. The predicted molar refractivity (Wildman–Crippen MR) is 55.3 cm³/mol. The zero-order valence-corrected chi connectivity index (χ0v) is 9.37. The lowest BCUT2D eigenvalue weighted by Gasteiger charge is -2.15. The quantitative estimate of drug-likeness (QED) is 0.582. The number of esters is 2. The molecule has 0 bridgehead atoms. The Kier molecular flexibility index (Phi) is 4.30. The molecule has 0 saturated heterocycles. The van der Waals surface area contributed by atoms with Crippen LogP contribution < -0.4 is 0 Å². The summed E-state index contributed by atoms with van der Waals surface area (Å²) in [6.07, 6.45) is -0.421. The van der Waals surface area contributed by atoms with Gasteiger partial charge in [0.2, 0.25) is 0 Å². The van der Waals surface area contributed by atoms with E-state index in [2.05, 4.69) is 0 Å². The molecule has 0 N–H and O–H groups in total. The molecule has 1 rings (SSSR count). The fourth-order valence-corrected chi connectivity index (χ4v) is 1.79. The van der Waals surface area contributed by atoms with E-state index in [1.807, 2.05) is 17.5 Å². The highest BCUT2D eigenvalue weighted by Gasteiger charge is 2.16. The maximum Gasteiger partial charge on any atom is 0.305 e. The normalized spacial score (nSPS) is 10.1. The largest absolute Gasteiger partial charge is 0.425 e. The lowest BCUT2D eigenvalue weighted by Crippen LogP contribution is -2.24. The van der Waals surface area contributed by atoms with Gasteiger partial charge in [-0.15, -0.1) is 11.3 Å². The fraction of sp³-hybridized carbons (Fsp3) is 0.400. The van der Waals surface area contributed by atoms with Gasteiger partial charge in [0, 0.05) is 18.7 Å². The molecule has 0 amide bonds. The van der Waals surface area contributed by atoms with Crippen molar-refractivity contribution < 1.29 is 19.1 Å². The Hall–Kier alpha value is -1.36. The highest BCUT2D eigenvalue weighted by atomic mass is 32.1. The minimum Gasteiger partial charge on any atom is -0.425 e. The van der Waals surface area contributed by atoms with Gasteiger partial charge in [-0.05, 0) is 11.4 Å². The molecule has 0 atom stereocenters. The van der Waals surface area contributed by atoms with Crippen LogP contribution >= 0.6 is 11.3 Å². The van der Waals surface area contributed by atoms with Crippen molar-refractivity contribution in [2.75, 3.05) is 0 Å². The molecule has 0 aromatic carbocycles. The second kappa shape index (κ2) is 5.50. The first-order valence-electron chi connectivity index (χ1n) is 4.44. The van der Waals surface area contributed by atoms with E-state index >= 15 is 0 Å². The second-order valence-electron chi connectivity index (χ2n) is 2.93. The predicted octanol–water partition coefficient (Wildman–Crippen LogP) is 1.74. The maximum absolute atomic E-state index is 10.8. The Morgan fingerprint density at radius 2 is 1.93 bits per heavy atom. The van der Waals surface area contributed by atoms with Crippen LogP contribution in [0.5, 0.6) is 0 Å². The average molecular weight is 228 g/mol. The third-order valence-electron chi connectivity index (χ3n) is 1.54. The van der Waals surface area contributed by atoms with Gasteiger partial charge in [-0.25, -0.2) is 0 Å². The van der Waals surface area contributed by atoms with Crippen LogP contribution in [0.15, 0.2) is 17.5 Å². The van der Waals surface area contributed by atoms with Crippen LogP contribution in [0.4, 0.5) is 0 Å². The molecule has 15 heavy (non-hydrogen) atoms. The zero-order valence-electron chi connectivity index (χ0n) is 8.56. The summed E-state index contributed by atoms with van der Waals surface area (Å²) >= 11 is 1.52. The number of carbonyl (C=O) groups excluding carboxylic acids is 2. The topological polar surface area (TPSA) is 52.6 Å². The number of hydrogen-bond acceptors (Lipinski definition) is 5. The van der Waals surface area contributed by atoms with Crippen LogP contribution in [0.2, 0.25) is 0 Å². The number of carbonyl (C=O) groups is 2. The lowest BCUT2D eigenvalue weighted by molar-refractivity contribution is -0.184. The Labute approximate surface area is 91.8 Å². The fourth-order valence-electron chi connectivity index (χ4n) is 1.07. The molecule has 0 aliphatic heterocycles. The van der Waals surface area contributed by atoms with E-state index in [0.29, 0.717) is 6.42 Å². The molecular weight excluding hydrogens is 216 g/mol. The van der Waals surface area contributed by atoms with Crippen LogP contribution in [-0.2, 0) is 25.5 Å². The smallest absolute Gasteiger partial charge is 0.305 e. The Balaban J connectivity index is 2.55. The van der Waals surface area contributed by atoms with Crippen LogP contribution in [0.1, 0.15) is 18.7 Å². The maximum atomic E-state index is 10.8. The van der Waals surface area contributed by atoms with Gasteiger partial charge in [0.25, 0.3) is 6.29 Å². The molecule has 1 aromatic rings. The van der Waals surface area contributed by atoms with Gasteiger partial charge >= 0.3 is 11.9 Å². The molecular formula is C10H12O4S. The number of rotatable bonds is 4. The van der Waals surface area contributed by atoms with Crippen molar-refractivity contribution in [1.82, 2.24) is 0 Å². The summed E-state index contributed by atoms with van der Waals surface area (Å²) in [5, 5.41) is 1.91. The van der Waals surface area contributed by atoms with Crippen molar-refractivity contribution in [2.45, 2.75) is 26.6 Å². The molecule has 0 spiro atoms. The Morgan fingerprint density at radius 1 is 1.33 bits per heavy atom. The summed E-state index contributed by atoms with van der Waals surface area (Å²) in [5.74, 6) is -0.921. The summed E-state index contributed by atoms with van der Waals surface area (Å²) in [5.41, 5.74) is 0. The Morgan fingerprint density at radius 3 is 2.33 bits per heavy atom. The number of ether oxygens (including phenoxy) is 2. The average Bonchev–Trinajstić information content (AvgIpc) is 2.53. The first-order chi connectivity index (χ1) is 7.08. The van der Waals surface area contributed by atoms with E-state index in [9.17, 15) is 9.59 Å². The molecule has 5 heteroatoms. The molecule has 0 aliphatic carbocycles. The van der Waals surface area contributed by atoms with Crippen molar-refractivity contribution in [2.24, 2.45) is 0 Å². The Bertz CT molecular complexity index is 315. The van der Waals surface area contributed by atoms with E-state index in [0.717, 1.165) is 4.88 Å². The van der Waals surface area contributed by atoms with E-state index in [1.165, 1.54) is 25.2 Å². The molecule has 4 nitrogen and oxygen atoms in total. The minimum absolute atomic E-state index is 0.400. The van der Waals surface area contributed by atoms with Gasteiger partial charge in [-0.3, -0.25) is 9.59 Å². The van der Waals surface area contributed by atoms with Crippen molar-refractivity contribution in [1.29, 1.82) is 0 Å². The SMILES string of the molecule is CC(=O)OC(Cc1cccs1)OC(C)=O. The van der Waals surface area contributed by atoms with Crippen LogP contribution in [-0.4, -0.2) is 18.2 Å².